The van der Waals surface area contributed by atoms with Gasteiger partial charge in [-0.05, 0) is 12.1 Å². The Balaban J connectivity index is 3.32. The number of hydrogen-bond acceptors (Lipinski definition) is 5. The van der Waals surface area contributed by atoms with Gasteiger partial charge in [0.2, 0.25) is 0 Å². The molecule has 1 rings (SSSR count). The highest BCUT2D eigenvalue weighted by Gasteiger charge is 2.20. The third-order valence-electron chi connectivity index (χ3n) is 1.36. The minimum Gasteiger partial charge on any atom is -0.381 e. The van der Waals surface area contributed by atoms with E-state index >= 15 is 0 Å². The molecule has 0 spiro atoms. The zero-order valence-corrected chi connectivity index (χ0v) is 9.21. The molecule has 0 fully saturated rings. The van der Waals surface area contributed by atoms with Crippen LogP contribution < -0.4 is 4.18 Å². The second-order valence-electron chi connectivity index (χ2n) is 2.69. The van der Waals surface area contributed by atoms with Crippen LogP contribution in [0.2, 0.25) is 0 Å². The lowest BCUT2D eigenvalue weighted by Gasteiger charge is -2.05. The molecule has 1 aromatic carbocycles. The fourth-order valence-electron chi connectivity index (χ4n) is 0.889. The third-order valence-corrected chi connectivity index (χ3v) is 2.72. The van der Waals surface area contributed by atoms with Crippen molar-refractivity contribution >= 4 is 20.2 Å². The molecule has 0 heterocycles. The Labute approximate surface area is 87.4 Å². The number of hydrogen-bond donors (Lipinski definition) is 0. The average molecular weight is 251 g/mol. The molecule has 0 saturated carbocycles. The lowest BCUT2D eigenvalue weighted by molar-refractivity contribution is 0.410. The van der Waals surface area contributed by atoms with Gasteiger partial charge in [-0.15, -0.1) is 0 Å². The number of rotatable bonds is 3. The van der Waals surface area contributed by atoms with Crippen molar-refractivity contribution in [1.29, 1.82) is 0 Å². The van der Waals surface area contributed by atoms with Crippen LogP contribution in [0.15, 0.2) is 29.2 Å². The summed E-state index contributed by atoms with van der Waals surface area (Å²) in [6.07, 6.45) is 0.751. The Bertz CT molecular complexity index is 557. The molecule has 0 aliphatic carbocycles. The van der Waals surface area contributed by atoms with Gasteiger partial charge in [0.15, 0.2) is 5.75 Å². The number of para-hydroxylation sites is 1. The van der Waals surface area contributed by atoms with Crippen LogP contribution in [0.4, 0.5) is 0 Å². The van der Waals surface area contributed by atoms with Gasteiger partial charge in [-0.2, -0.15) is 16.8 Å². The Morgan fingerprint density at radius 1 is 1.07 bits per heavy atom. The zero-order valence-electron chi connectivity index (χ0n) is 7.58. The molecule has 0 aromatic heterocycles. The predicted molar refractivity (Wildman–Crippen MR) is 49.8 cm³/mol. The van der Waals surface area contributed by atoms with E-state index in [9.17, 15) is 21.4 Å². The van der Waals surface area contributed by atoms with E-state index in [-0.39, 0.29) is 0 Å². The van der Waals surface area contributed by atoms with Gasteiger partial charge in [-0.1, -0.05) is 16.7 Å². The van der Waals surface area contributed by atoms with Crippen LogP contribution in [0.3, 0.4) is 0 Å². The lowest BCUT2D eigenvalue weighted by atomic mass is 10.3. The minimum absolute atomic E-state index is 0.491. The molecule has 0 aliphatic rings. The van der Waals surface area contributed by atoms with Crippen LogP contribution in [0.5, 0.6) is 5.75 Å². The second-order valence-corrected chi connectivity index (χ2v) is 5.61. The first-order chi connectivity index (χ1) is 6.70. The maximum Gasteiger partial charge on any atom is 0.328 e. The van der Waals surface area contributed by atoms with E-state index in [1.807, 2.05) is 0 Å². The molecule has 1 aromatic rings. The summed E-state index contributed by atoms with van der Waals surface area (Å²) in [5, 5.41) is 0. The van der Waals surface area contributed by atoms with E-state index in [0.717, 1.165) is 18.4 Å². The van der Waals surface area contributed by atoms with Gasteiger partial charge in [0.05, 0.1) is 6.26 Å². The first kappa shape index (κ1) is 12.0. The van der Waals surface area contributed by atoms with Crippen LogP contribution in [0.1, 0.15) is 0 Å². The van der Waals surface area contributed by atoms with Crippen molar-refractivity contribution in [3.8, 4) is 5.75 Å². The fourth-order valence-corrected chi connectivity index (χ4v) is 2.01. The molecular weight excluding hydrogens is 244 g/mol. The smallest absolute Gasteiger partial charge is 0.328 e. The molecule has 0 amide bonds. The van der Waals surface area contributed by atoms with Crippen molar-refractivity contribution < 1.29 is 25.6 Å². The van der Waals surface area contributed by atoms with Crippen molar-refractivity contribution in [3.63, 3.8) is 0 Å². The summed E-state index contributed by atoms with van der Waals surface area (Å²) in [4.78, 5) is -0.699. The first-order valence-corrected chi connectivity index (χ1v) is 6.87. The van der Waals surface area contributed by atoms with Crippen LogP contribution in [-0.4, -0.2) is 23.1 Å². The average Bonchev–Trinajstić information content (AvgIpc) is 1.99. The van der Waals surface area contributed by atoms with Crippen molar-refractivity contribution in [2.75, 3.05) is 6.26 Å². The molecule has 15 heavy (non-hydrogen) atoms. The van der Waals surface area contributed by atoms with Crippen LogP contribution in [0.25, 0.3) is 0 Å². The number of benzene rings is 1. The summed E-state index contributed by atoms with van der Waals surface area (Å²) >= 11 is 0. The highest BCUT2D eigenvalue weighted by Crippen LogP contribution is 2.24. The third kappa shape index (κ3) is 3.50. The summed E-state index contributed by atoms with van der Waals surface area (Å²) < 4.78 is 58.0. The SMILES string of the molecule is CS(=O)(=O)Oc1ccccc1S([O])(=O)=O. The van der Waals surface area contributed by atoms with E-state index in [1.54, 1.807) is 0 Å². The molecule has 0 N–H and O–H groups in total. The van der Waals surface area contributed by atoms with Crippen molar-refractivity contribution in [1.82, 2.24) is 0 Å². The molecule has 8 heteroatoms. The van der Waals surface area contributed by atoms with Gasteiger partial charge in [0.25, 0.3) is 0 Å². The van der Waals surface area contributed by atoms with E-state index in [0.29, 0.717) is 0 Å². The van der Waals surface area contributed by atoms with E-state index in [4.69, 9.17) is 0 Å². The summed E-state index contributed by atoms with van der Waals surface area (Å²) in [6, 6.07) is 4.71. The van der Waals surface area contributed by atoms with E-state index < -0.39 is 30.9 Å². The van der Waals surface area contributed by atoms with Crippen LogP contribution >= 0.6 is 0 Å². The maximum atomic E-state index is 10.8. The fraction of sp³-hybridized carbons (Fsp3) is 0.143. The minimum atomic E-state index is -4.75. The topological polar surface area (TPSA) is 97.4 Å². The van der Waals surface area contributed by atoms with Crippen molar-refractivity contribution in [2.45, 2.75) is 4.90 Å². The Hall–Kier alpha value is -1.12. The van der Waals surface area contributed by atoms with Gasteiger partial charge in [-0.3, -0.25) is 0 Å². The molecule has 6 nitrogen and oxygen atoms in total. The molecule has 1 radical (unpaired) electrons. The molecule has 0 bridgehead atoms. The van der Waals surface area contributed by atoms with E-state index in [2.05, 4.69) is 4.18 Å². The van der Waals surface area contributed by atoms with Crippen LogP contribution in [0, 0.1) is 0 Å². The summed E-state index contributed by atoms with van der Waals surface area (Å²) in [7, 11) is -8.61. The van der Waals surface area contributed by atoms with Crippen molar-refractivity contribution in [3.05, 3.63) is 24.3 Å². The van der Waals surface area contributed by atoms with E-state index in [1.165, 1.54) is 12.1 Å². The standard InChI is InChI=1S/C7H7O6S2/c1-14(8,9)13-6-4-2-3-5-7(6)15(10,11)12/h2-5H,1H3. The Kier molecular flexibility index (Phi) is 3.03. The largest absolute Gasteiger partial charge is 0.381 e. The highest BCUT2D eigenvalue weighted by molar-refractivity contribution is 7.86. The molecule has 83 valence electrons. The van der Waals surface area contributed by atoms with Crippen LogP contribution in [-0.2, 0) is 24.8 Å². The van der Waals surface area contributed by atoms with Gasteiger partial charge < -0.3 is 4.18 Å². The zero-order chi connectivity index (χ0) is 11.7. The Morgan fingerprint density at radius 3 is 2.07 bits per heavy atom. The van der Waals surface area contributed by atoms with Gasteiger partial charge in [0, 0.05) is 0 Å². The quantitative estimate of drug-likeness (QED) is 0.712. The summed E-state index contributed by atoms with van der Waals surface area (Å²) in [5.41, 5.74) is 0. The second kappa shape index (κ2) is 3.80. The molecule has 0 atom stereocenters. The highest BCUT2D eigenvalue weighted by atomic mass is 32.2. The molecule has 0 unspecified atom stereocenters. The Morgan fingerprint density at radius 2 is 1.60 bits per heavy atom. The molecule has 0 saturated heterocycles. The molecular formula is C7H7O6S2. The van der Waals surface area contributed by atoms with Gasteiger partial charge >= 0.3 is 20.2 Å². The van der Waals surface area contributed by atoms with Crippen molar-refractivity contribution in [2.24, 2.45) is 0 Å². The first-order valence-electron chi connectivity index (χ1n) is 3.64. The normalized spacial score (nSPS) is 12.4. The summed E-state index contributed by atoms with van der Waals surface area (Å²) in [6.45, 7) is 0. The predicted octanol–water partition coefficient (Wildman–Crippen LogP) is 0.144. The lowest BCUT2D eigenvalue weighted by Crippen LogP contribution is -2.09. The maximum absolute atomic E-state index is 10.8. The van der Waals surface area contributed by atoms with Gasteiger partial charge in [0.1, 0.15) is 4.90 Å². The molecule has 0 aliphatic heterocycles. The summed E-state index contributed by atoms with van der Waals surface area (Å²) in [5.74, 6) is -0.491. The monoisotopic (exact) mass is 251 g/mol. The van der Waals surface area contributed by atoms with Gasteiger partial charge in [-0.25, -0.2) is 0 Å².